The van der Waals surface area contributed by atoms with Crippen LogP contribution >= 0.6 is 0 Å². The van der Waals surface area contributed by atoms with Gasteiger partial charge in [-0.05, 0) is 68.6 Å². The number of ether oxygens (including phenoxy) is 1. The molecule has 0 bridgehead atoms. The third kappa shape index (κ3) is 5.22. The Kier molecular flexibility index (Phi) is 7.58. The van der Waals surface area contributed by atoms with Crippen molar-refractivity contribution in [3.63, 3.8) is 0 Å². The number of hydrogen-bond donors (Lipinski definition) is 4. The summed E-state index contributed by atoms with van der Waals surface area (Å²) in [5.74, 6) is -2.43. The summed E-state index contributed by atoms with van der Waals surface area (Å²) in [6, 6.07) is 5.29. The van der Waals surface area contributed by atoms with Crippen molar-refractivity contribution in [1.29, 1.82) is 0 Å². The van der Waals surface area contributed by atoms with Gasteiger partial charge in [-0.25, -0.2) is 0 Å². The summed E-state index contributed by atoms with van der Waals surface area (Å²) < 4.78 is 5.42. The number of likely N-dealkylation sites (tertiary alicyclic amines) is 1. The van der Waals surface area contributed by atoms with Gasteiger partial charge in [0, 0.05) is 29.9 Å². The predicted octanol–water partition coefficient (Wildman–Crippen LogP) is 1.26. The number of aromatic nitrogens is 1. The Morgan fingerprint density at radius 1 is 1.18 bits per heavy atom. The molecule has 2 aromatic rings. The van der Waals surface area contributed by atoms with Gasteiger partial charge in [-0.2, -0.15) is 0 Å². The van der Waals surface area contributed by atoms with Crippen molar-refractivity contribution >= 4 is 40.3 Å². The number of carbonyl (C=O) groups is 5. The van der Waals surface area contributed by atoms with Crippen LogP contribution < -0.4 is 21.1 Å². The quantitative estimate of drug-likeness (QED) is 0.352. The maximum absolute atomic E-state index is 13.7. The molecule has 1 saturated carbocycles. The number of carbonyl (C=O) groups excluding carboxylic acids is 5. The van der Waals surface area contributed by atoms with E-state index in [0.29, 0.717) is 37.4 Å². The van der Waals surface area contributed by atoms with Crippen LogP contribution in [0.5, 0.6) is 5.75 Å². The molecule has 0 spiro atoms. The molecular formula is C28H35N5O6. The molecule has 11 nitrogen and oxygen atoms in total. The Morgan fingerprint density at radius 2 is 2.00 bits per heavy atom. The first-order valence-electron chi connectivity index (χ1n) is 13.7. The summed E-state index contributed by atoms with van der Waals surface area (Å²) in [6.45, 7) is 1.05. The Morgan fingerprint density at radius 3 is 2.74 bits per heavy atom. The maximum atomic E-state index is 13.7. The first kappa shape index (κ1) is 26.7. The summed E-state index contributed by atoms with van der Waals surface area (Å²) >= 11 is 0. The monoisotopic (exact) mass is 537 g/mol. The molecule has 4 amide bonds. The molecule has 5 rings (SSSR count). The number of piperidine rings is 1. The van der Waals surface area contributed by atoms with Crippen molar-refractivity contribution in [2.24, 2.45) is 23.5 Å². The Hall–Kier alpha value is -3.89. The van der Waals surface area contributed by atoms with Crippen LogP contribution in [0.4, 0.5) is 0 Å². The van der Waals surface area contributed by atoms with Crippen LogP contribution in [0.25, 0.3) is 10.9 Å². The summed E-state index contributed by atoms with van der Waals surface area (Å²) in [6.07, 6.45) is 4.64. The molecule has 1 aromatic carbocycles. The Balaban J connectivity index is 1.36. The van der Waals surface area contributed by atoms with E-state index >= 15 is 0 Å². The molecule has 0 unspecified atom stereocenters. The number of ketones is 1. The third-order valence-corrected chi connectivity index (χ3v) is 8.57. The molecule has 1 aliphatic carbocycles. The molecule has 5 atom stereocenters. The van der Waals surface area contributed by atoms with Crippen molar-refractivity contribution in [1.82, 2.24) is 20.5 Å². The van der Waals surface area contributed by atoms with Crippen LogP contribution in [0.15, 0.2) is 24.3 Å². The number of Topliss-reactive ketones (excluding diaryl/α,β-unsaturated/α-hetero) is 1. The number of primary amides is 1. The van der Waals surface area contributed by atoms with Crippen molar-refractivity contribution in [3.8, 4) is 5.75 Å². The lowest BCUT2D eigenvalue weighted by Gasteiger charge is -2.29. The fourth-order valence-corrected chi connectivity index (χ4v) is 6.60. The van der Waals surface area contributed by atoms with E-state index in [4.69, 9.17) is 10.5 Å². The molecule has 3 fully saturated rings. The predicted molar refractivity (Wildman–Crippen MR) is 142 cm³/mol. The van der Waals surface area contributed by atoms with E-state index in [1.54, 1.807) is 18.1 Å². The summed E-state index contributed by atoms with van der Waals surface area (Å²) in [5.41, 5.74) is 6.40. The lowest BCUT2D eigenvalue weighted by Crippen LogP contribution is -2.54. The molecule has 2 aliphatic heterocycles. The first-order chi connectivity index (χ1) is 18.8. The highest BCUT2D eigenvalue weighted by Crippen LogP contribution is 2.43. The lowest BCUT2D eigenvalue weighted by molar-refractivity contribution is -0.139. The lowest BCUT2D eigenvalue weighted by atomic mass is 9.90. The number of nitrogens with two attached hydrogens (primary N) is 1. The standard InChI is InChI=1S/C28H35N5O6/c1-39-22-9-3-8-19-18(22)13-21(31-19)28(38)33-14-16-5-2-7-17(16)23(33)27(37)32-20(24(34)25(29)35)11-10-15-6-4-12-30-26(15)36/h3,8-9,13,15-17,20,23,31H,2,4-7,10-12,14H2,1H3,(H2,29,35)(H,30,36)(H,32,37)/t15-,16-,17-,20-,23-/m0/s1. The van der Waals surface area contributed by atoms with Gasteiger partial charge in [-0.3, -0.25) is 24.0 Å². The molecule has 3 aliphatic rings. The average Bonchev–Trinajstić information content (AvgIpc) is 3.65. The maximum Gasteiger partial charge on any atom is 0.287 e. The fourth-order valence-electron chi connectivity index (χ4n) is 6.60. The molecule has 2 saturated heterocycles. The highest BCUT2D eigenvalue weighted by Gasteiger charge is 2.50. The van der Waals surface area contributed by atoms with Crippen LogP contribution in [0, 0.1) is 17.8 Å². The van der Waals surface area contributed by atoms with Crippen molar-refractivity contribution in [2.75, 3.05) is 20.2 Å². The smallest absolute Gasteiger partial charge is 0.287 e. The highest BCUT2D eigenvalue weighted by molar-refractivity contribution is 6.37. The minimum atomic E-state index is -1.15. The summed E-state index contributed by atoms with van der Waals surface area (Å²) in [4.78, 5) is 68.9. The SMILES string of the molecule is COc1cccc2[nH]c(C(=O)N3C[C@@H]4CCC[C@@H]4[C@H]3C(=O)N[C@@H](CC[C@@H]3CCCNC3=O)C(=O)C(N)=O)cc12. The topological polar surface area (TPSA) is 164 Å². The number of hydrogen-bond acceptors (Lipinski definition) is 6. The number of aromatic amines is 1. The van der Waals surface area contributed by atoms with Crippen LogP contribution in [-0.2, 0) is 19.2 Å². The zero-order valence-corrected chi connectivity index (χ0v) is 22.0. The van der Waals surface area contributed by atoms with Crippen LogP contribution in [0.2, 0.25) is 0 Å². The molecule has 0 radical (unpaired) electrons. The Bertz CT molecular complexity index is 1300. The van der Waals surface area contributed by atoms with E-state index in [2.05, 4.69) is 15.6 Å². The first-order valence-corrected chi connectivity index (χ1v) is 13.7. The van der Waals surface area contributed by atoms with E-state index < -0.39 is 29.7 Å². The molecule has 11 heteroatoms. The van der Waals surface area contributed by atoms with E-state index in [1.165, 1.54) is 0 Å². The second-order valence-electron chi connectivity index (χ2n) is 10.9. The number of H-pyrrole nitrogens is 1. The second kappa shape index (κ2) is 11.1. The van der Waals surface area contributed by atoms with Gasteiger partial charge in [0.15, 0.2) is 0 Å². The van der Waals surface area contributed by atoms with Gasteiger partial charge in [-0.15, -0.1) is 0 Å². The van der Waals surface area contributed by atoms with Crippen molar-refractivity contribution < 1.29 is 28.7 Å². The molecule has 208 valence electrons. The number of nitrogens with zero attached hydrogens (tertiary/aromatic N) is 1. The van der Waals surface area contributed by atoms with Crippen LogP contribution in [0.3, 0.4) is 0 Å². The minimum absolute atomic E-state index is 0.0404. The molecule has 5 N–H and O–H groups in total. The number of benzene rings is 1. The highest BCUT2D eigenvalue weighted by atomic mass is 16.5. The van der Waals surface area contributed by atoms with Gasteiger partial charge < -0.3 is 31.0 Å². The van der Waals surface area contributed by atoms with Gasteiger partial charge in [0.2, 0.25) is 17.6 Å². The largest absolute Gasteiger partial charge is 0.496 e. The second-order valence-corrected chi connectivity index (χ2v) is 10.9. The molecule has 39 heavy (non-hydrogen) atoms. The zero-order chi connectivity index (χ0) is 27.7. The van der Waals surface area contributed by atoms with E-state index in [0.717, 1.165) is 36.6 Å². The van der Waals surface area contributed by atoms with E-state index in [-0.39, 0.29) is 36.0 Å². The van der Waals surface area contributed by atoms with Crippen molar-refractivity contribution in [3.05, 3.63) is 30.0 Å². The van der Waals surface area contributed by atoms with E-state index in [1.807, 2.05) is 18.2 Å². The average molecular weight is 538 g/mol. The number of methoxy groups -OCH3 is 1. The fraction of sp³-hybridized carbons (Fsp3) is 0.536. The van der Waals surface area contributed by atoms with Gasteiger partial charge in [-0.1, -0.05) is 12.5 Å². The van der Waals surface area contributed by atoms with Gasteiger partial charge in [0.25, 0.3) is 11.8 Å². The minimum Gasteiger partial charge on any atom is -0.496 e. The van der Waals surface area contributed by atoms with Gasteiger partial charge in [0.1, 0.15) is 17.5 Å². The number of nitrogens with one attached hydrogen (secondary N) is 3. The summed E-state index contributed by atoms with van der Waals surface area (Å²) in [7, 11) is 1.57. The molecular weight excluding hydrogens is 502 g/mol. The zero-order valence-electron chi connectivity index (χ0n) is 22.0. The molecule has 1 aromatic heterocycles. The number of rotatable bonds is 9. The van der Waals surface area contributed by atoms with Crippen LogP contribution in [0.1, 0.15) is 55.4 Å². The van der Waals surface area contributed by atoms with Gasteiger partial charge >= 0.3 is 0 Å². The third-order valence-electron chi connectivity index (χ3n) is 8.57. The molecule has 3 heterocycles. The van der Waals surface area contributed by atoms with Crippen LogP contribution in [-0.4, -0.2) is 71.6 Å². The van der Waals surface area contributed by atoms with Gasteiger partial charge in [0.05, 0.1) is 13.2 Å². The number of fused-ring (bicyclic) bond motifs is 2. The number of amides is 4. The van der Waals surface area contributed by atoms with Crippen molar-refractivity contribution in [2.45, 2.75) is 57.0 Å². The Labute approximate surface area is 226 Å². The summed E-state index contributed by atoms with van der Waals surface area (Å²) in [5, 5.41) is 6.32. The normalized spacial score (nSPS) is 25.2. The van der Waals surface area contributed by atoms with E-state index in [9.17, 15) is 24.0 Å².